The smallest absolute Gasteiger partial charge is 0.157 e. The third-order valence-corrected chi connectivity index (χ3v) is 5.78. The predicted molar refractivity (Wildman–Crippen MR) is 106 cm³/mol. The van der Waals surface area contributed by atoms with E-state index in [1.165, 1.54) is 34.5 Å². The number of hydrogen-bond donors (Lipinski definition) is 2. The zero-order chi connectivity index (χ0) is 20.9. The summed E-state index contributed by atoms with van der Waals surface area (Å²) in [6.45, 7) is 0. The molecule has 3 N–H and O–H groups in total. The number of nitrogens with two attached hydrogens (primary N) is 1. The molecule has 0 spiro atoms. The molecule has 9 heteroatoms. The van der Waals surface area contributed by atoms with Gasteiger partial charge in [-0.2, -0.15) is 0 Å². The lowest BCUT2D eigenvalue weighted by atomic mass is 10.1. The molecule has 0 bridgehead atoms. The van der Waals surface area contributed by atoms with E-state index in [1.54, 1.807) is 24.3 Å². The fourth-order valence-electron chi connectivity index (χ4n) is 2.87. The van der Waals surface area contributed by atoms with Gasteiger partial charge in [0.25, 0.3) is 0 Å². The van der Waals surface area contributed by atoms with Gasteiger partial charge in [-0.05, 0) is 17.7 Å². The number of hydrogen-bond acceptors (Lipinski definition) is 8. The van der Waals surface area contributed by atoms with Crippen LogP contribution in [-0.4, -0.2) is 47.7 Å². The van der Waals surface area contributed by atoms with E-state index in [1.807, 2.05) is 0 Å². The second-order valence-electron chi connectivity index (χ2n) is 6.09. The number of nitrogen functional groups attached to an aromatic ring is 1. The highest BCUT2D eigenvalue weighted by Crippen LogP contribution is 2.39. The first-order valence-corrected chi connectivity index (χ1v) is 10.2. The average molecular weight is 411 g/mol. The molecule has 8 nitrogen and oxygen atoms in total. The summed E-state index contributed by atoms with van der Waals surface area (Å²) >= 11 is 0. The van der Waals surface area contributed by atoms with E-state index in [4.69, 9.17) is 24.7 Å². The molecule has 0 aliphatic carbocycles. The summed E-state index contributed by atoms with van der Waals surface area (Å²) < 4.78 is 46.1. The summed E-state index contributed by atoms with van der Waals surface area (Å²) in [5, 5.41) is 10.6. The van der Waals surface area contributed by atoms with Crippen LogP contribution in [-0.2, 0) is 15.6 Å². The fraction of sp³-hybridized carbons (Fsp3) is 0.368. The first kappa shape index (κ1) is 21.6. The van der Waals surface area contributed by atoms with E-state index in [-0.39, 0.29) is 22.8 Å². The van der Waals surface area contributed by atoms with E-state index in [2.05, 4.69) is 0 Å². The first-order chi connectivity index (χ1) is 13.2. The van der Waals surface area contributed by atoms with Crippen molar-refractivity contribution in [2.24, 2.45) is 0 Å². The van der Waals surface area contributed by atoms with Crippen molar-refractivity contribution < 1.29 is 32.5 Å². The van der Waals surface area contributed by atoms with E-state index in [0.29, 0.717) is 22.7 Å². The van der Waals surface area contributed by atoms with Gasteiger partial charge in [-0.1, -0.05) is 6.07 Å². The van der Waals surface area contributed by atoms with Gasteiger partial charge in [-0.3, -0.25) is 0 Å². The number of rotatable bonds is 9. The molecular weight excluding hydrogens is 386 g/mol. The van der Waals surface area contributed by atoms with Crippen molar-refractivity contribution >= 4 is 15.5 Å². The van der Waals surface area contributed by atoms with Crippen molar-refractivity contribution in [1.82, 2.24) is 0 Å². The summed E-state index contributed by atoms with van der Waals surface area (Å²) in [6, 6.07) is 7.87. The number of aliphatic hydroxyl groups is 1. The Kier molecular flexibility index (Phi) is 6.98. The van der Waals surface area contributed by atoms with E-state index in [0.717, 1.165) is 0 Å². The van der Waals surface area contributed by atoms with Crippen LogP contribution in [0.15, 0.2) is 30.3 Å². The van der Waals surface area contributed by atoms with Gasteiger partial charge in [-0.25, -0.2) is 8.42 Å². The number of aliphatic hydroxyl groups excluding tert-OH is 1. The molecule has 0 aliphatic heterocycles. The number of sulfone groups is 1. The molecule has 2 aromatic rings. The molecule has 0 saturated heterocycles. The van der Waals surface area contributed by atoms with Gasteiger partial charge >= 0.3 is 0 Å². The van der Waals surface area contributed by atoms with Crippen LogP contribution in [0, 0.1) is 0 Å². The van der Waals surface area contributed by atoms with Gasteiger partial charge in [0.1, 0.15) is 29.1 Å². The van der Waals surface area contributed by atoms with Gasteiger partial charge in [0, 0.05) is 12.1 Å². The molecule has 154 valence electrons. The minimum Gasteiger partial charge on any atom is -0.496 e. The molecule has 0 fully saturated rings. The molecule has 0 radical (unpaired) electrons. The maximum absolute atomic E-state index is 12.6. The maximum Gasteiger partial charge on any atom is 0.157 e. The Balaban J connectivity index is 2.28. The van der Waals surface area contributed by atoms with Gasteiger partial charge < -0.3 is 29.8 Å². The Morgan fingerprint density at radius 2 is 1.50 bits per heavy atom. The molecule has 2 rings (SSSR count). The molecule has 0 amide bonds. The summed E-state index contributed by atoms with van der Waals surface area (Å²) in [7, 11) is 2.12. The topological polar surface area (TPSA) is 117 Å². The van der Waals surface area contributed by atoms with Crippen LogP contribution in [0.4, 0.5) is 5.69 Å². The number of ether oxygens (including phenoxy) is 4. The van der Waals surface area contributed by atoms with E-state index >= 15 is 0 Å². The van der Waals surface area contributed by atoms with Crippen LogP contribution in [0.5, 0.6) is 23.0 Å². The van der Waals surface area contributed by atoms with Gasteiger partial charge in [-0.15, -0.1) is 0 Å². The third-order valence-electron chi connectivity index (χ3n) is 4.18. The minimum absolute atomic E-state index is 0.239. The lowest BCUT2D eigenvalue weighted by molar-refractivity contribution is 0.191. The number of benzene rings is 2. The van der Waals surface area contributed by atoms with Crippen LogP contribution >= 0.6 is 0 Å². The molecule has 1 atom stereocenters. The Hall–Kier alpha value is -2.65. The van der Waals surface area contributed by atoms with Crippen molar-refractivity contribution in [3.05, 3.63) is 41.5 Å². The summed E-state index contributed by atoms with van der Waals surface area (Å²) in [5.41, 5.74) is 6.91. The molecule has 2 aromatic carbocycles. The third kappa shape index (κ3) is 4.99. The molecule has 0 aliphatic rings. The zero-order valence-electron chi connectivity index (χ0n) is 16.3. The second kappa shape index (κ2) is 9.03. The average Bonchev–Trinajstić information content (AvgIpc) is 2.65. The lowest BCUT2D eigenvalue weighted by Crippen LogP contribution is -2.18. The Morgan fingerprint density at radius 3 is 1.96 bits per heavy atom. The predicted octanol–water partition coefficient (Wildman–Crippen LogP) is 1.95. The van der Waals surface area contributed by atoms with E-state index < -0.39 is 21.7 Å². The van der Waals surface area contributed by atoms with Crippen LogP contribution < -0.4 is 24.7 Å². The molecule has 0 heterocycles. The Morgan fingerprint density at radius 1 is 0.929 bits per heavy atom. The van der Waals surface area contributed by atoms with Crippen molar-refractivity contribution in [2.75, 3.05) is 39.9 Å². The summed E-state index contributed by atoms with van der Waals surface area (Å²) in [6.07, 6.45) is -1.35. The maximum atomic E-state index is 12.6. The van der Waals surface area contributed by atoms with Crippen molar-refractivity contribution in [3.63, 3.8) is 0 Å². The zero-order valence-corrected chi connectivity index (χ0v) is 17.1. The largest absolute Gasteiger partial charge is 0.496 e. The molecule has 0 aromatic heterocycles. The standard InChI is InChI=1S/C19H25NO7S/c1-24-13-8-17(26-3)19(18(9-13)27-4)15(21)11-28(22,23)10-12-5-6-16(25-2)14(20)7-12/h5-9,15,21H,10-11,20H2,1-4H3. The Labute approximate surface area is 164 Å². The highest BCUT2D eigenvalue weighted by Gasteiger charge is 2.26. The van der Waals surface area contributed by atoms with Crippen LogP contribution in [0.3, 0.4) is 0 Å². The lowest BCUT2D eigenvalue weighted by Gasteiger charge is -2.19. The molecule has 1 unspecified atom stereocenters. The highest BCUT2D eigenvalue weighted by atomic mass is 32.2. The summed E-state index contributed by atoms with van der Waals surface area (Å²) in [5.74, 6) is 0.673. The number of anilines is 1. The normalized spacial score (nSPS) is 12.3. The van der Waals surface area contributed by atoms with Gasteiger partial charge in [0.15, 0.2) is 9.84 Å². The fourth-order valence-corrected chi connectivity index (χ4v) is 4.32. The van der Waals surface area contributed by atoms with Crippen LogP contribution in [0.1, 0.15) is 17.2 Å². The highest BCUT2D eigenvalue weighted by molar-refractivity contribution is 7.90. The Bertz CT molecular complexity index is 903. The van der Waals surface area contributed by atoms with Crippen molar-refractivity contribution in [2.45, 2.75) is 11.9 Å². The second-order valence-corrected chi connectivity index (χ2v) is 8.20. The van der Waals surface area contributed by atoms with Gasteiger partial charge in [0.05, 0.1) is 51.2 Å². The van der Waals surface area contributed by atoms with Crippen LogP contribution in [0.2, 0.25) is 0 Å². The van der Waals surface area contributed by atoms with E-state index in [9.17, 15) is 13.5 Å². The first-order valence-electron chi connectivity index (χ1n) is 8.35. The monoisotopic (exact) mass is 411 g/mol. The van der Waals surface area contributed by atoms with Crippen LogP contribution in [0.25, 0.3) is 0 Å². The number of methoxy groups -OCH3 is 4. The SMILES string of the molecule is COc1cc(OC)c(C(O)CS(=O)(=O)Cc2ccc(OC)c(N)c2)c(OC)c1. The quantitative estimate of drug-likeness (QED) is 0.601. The van der Waals surface area contributed by atoms with Crippen molar-refractivity contribution in [3.8, 4) is 23.0 Å². The summed E-state index contributed by atoms with van der Waals surface area (Å²) in [4.78, 5) is 0. The molecule has 28 heavy (non-hydrogen) atoms. The minimum atomic E-state index is -3.67. The van der Waals surface area contributed by atoms with Crippen molar-refractivity contribution in [1.29, 1.82) is 0 Å². The molecule has 0 saturated carbocycles. The van der Waals surface area contributed by atoms with Gasteiger partial charge in [0.2, 0.25) is 0 Å². The molecular formula is C19H25NO7S.